The number of methoxy groups -OCH3 is 2. The van der Waals surface area contributed by atoms with Crippen LogP contribution in [-0.4, -0.2) is 24.8 Å². The Morgan fingerprint density at radius 1 is 1.16 bits per heavy atom. The van der Waals surface area contributed by atoms with E-state index < -0.39 is 12.0 Å². The summed E-state index contributed by atoms with van der Waals surface area (Å²) < 4.78 is 12.2. The molecule has 164 valence electrons. The van der Waals surface area contributed by atoms with Gasteiger partial charge in [0.2, 0.25) is 0 Å². The third-order valence-electron chi connectivity index (χ3n) is 5.11. The van der Waals surface area contributed by atoms with Gasteiger partial charge in [0.25, 0.3) is 5.56 Å². The molecule has 3 aromatic rings. The number of ether oxygens (including phenoxy) is 2. The summed E-state index contributed by atoms with van der Waals surface area (Å²) in [6, 6.07) is 11.6. The highest BCUT2D eigenvalue weighted by molar-refractivity contribution is 7.07. The number of carbonyl (C=O) groups excluding carboxylic acids is 1. The maximum absolute atomic E-state index is 13.5. The summed E-state index contributed by atoms with van der Waals surface area (Å²) in [6.07, 6.45) is 1.70. The second-order valence-electron chi connectivity index (χ2n) is 7.01. The fraction of sp³-hybridized carbons (Fsp3) is 0.174. The topological polar surface area (TPSA) is 69.9 Å². The van der Waals surface area contributed by atoms with E-state index in [1.54, 1.807) is 50.4 Å². The van der Waals surface area contributed by atoms with Gasteiger partial charge in [0.1, 0.15) is 5.75 Å². The first kappa shape index (κ1) is 22.3. The zero-order valence-electron chi connectivity index (χ0n) is 17.4. The van der Waals surface area contributed by atoms with Crippen molar-refractivity contribution in [3.8, 4) is 5.75 Å². The molecule has 0 aliphatic carbocycles. The molecule has 0 radical (unpaired) electrons. The van der Waals surface area contributed by atoms with Crippen molar-refractivity contribution in [2.75, 3.05) is 14.2 Å². The van der Waals surface area contributed by atoms with Crippen molar-refractivity contribution >= 4 is 46.6 Å². The van der Waals surface area contributed by atoms with E-state index in [1.165, 1.54) is 23.0 Å². The summed E-state index contributed by atoms with van der Waals surface area (Å²) in [7, 11) is 2.88. The number of halogens is 2. The first-order valence-corrected chi connectivity index (χ1v) is 11.1. The van der Waals surface area contributed by atoms with E-state index in [0.717, 1.165) is 5.56 Å². The minimum absolute atomic E-state index is 0.283. The van der Waals surface area contributed by atoms with E-state index in [1.807, 2.05) is 12.1 Å². The van der Waals surface area contributed by atoms with Crippen LogP contribution in [0.5, 0.6) is 5.75 Å². The predicted molar refractivity (Wildman–Crippen MR) is 125 cm³/mol. The van der Waals surface area contributed by atoms with Crippen molar-refractivity contribution in [3.63, 3.8) is 0 Å². The fourth-order valence-corrected chi connectivity index (χ4v) is 5.05. The maximum Gasteiger partial charge on any atom is 0.338 e. The normalized spacial score (nSPS) is 15.9. The average Bonchev–Trinajstić information content (AvgIpc) is 3.09. The van der Waals surface area contributed by atoms with Gasteiger partial charge >= 0.3 is 5.97 Å². The Labute approximate surface area is 197 Å². The van der Waals surface area contributed by atoms with Gasteiger partial charge in [-0.25, -0.2) is 9.79 Å². The lowest BCUT2D eigenvalue weighted by Gasteiger charge is -2.24. The Balaban J connectivity index is 1.96. The van der Waals surface area contributed by atoms with Crippen LogP contribution < -0.4 is 19.6 Å². The molecule has 1 aliphatic rings. The van der Waals surface area contributed by atoms with Crippen LogP contribution in [-0.2, 0) is 9.53 Å². The second-order valence-corrected chi connectivity index (χ2v) is 8.87. The lowest BCUT2D eigenvalue weighted by atomic mass is 9.96. The highest BCUT2D eigenvalue weighted by Gasteiger charge is 2.33. The molecule has 1 atom stereocenters. The van der Waals surface area contributed by atoms with Crippen LogP contribution in [0.1, 0.15) is 24.1 Å². The summed E-state index contributed by atoms with van der Waals surface area (Å²) in [4.78, 5) is 31.2. The first-order chi connectivity index (χ1) is 15.3. The molecule has 0 amide bonds. The molecule has 9 heteroatoms. The average molecular weight is 489 g/mol. The third kappa shape index (κ3) is 3.99. The Morgan fingerprint density at radius 3 is 2.50 bits per heavy atom. The zero-order chi connectivity index (χ0) is 23.0. The van der Waals surface area contributed by atoms with Gasteiger partial charge in [-0.05, 0) is 48.4 Å². The second kappa shape index (κ2) is 8.94. The quantitative estimate of drug-likeness (QED) is 0.524. The minimum Gasteiger partial charge on any atom is -0.497 e. The number of thiazole rings is 1. The summed E-state index contributed by atoms with van der Waals surface area (Å²) in [6.45, 7) is 1.73. The molecule has 0 saturated carbocycles. The molecule has 4 rings (SSSR count). The van der Waals surface area contributed by atoms with Crippen molar-refractivity contribution in [1.29, 1.82) is 0 Å². The zero-order valence-corrected chi connectivity index (χ0v) is 19.7. The molecule has 0 N–H and O–H groups in total. The molecule has 2 heterocycles. The van der Waals surface area contributed by atoms with Crippen LogP contribution in [0.15, 0.2) is 63.5 Å². The number of nitrogens with zero attached hydrogens (tertiary/aromatic N) is 2. The number of aromatic nitrogens is 1. The van der Waals surface area contributed by atoms with Gasteiger partial charge in [-0.2, -0.15) is 0 Å². The monoisotopic (exact) mass is 488 g/mol. The molecule has 0 unspecified atom stereocenters. The van der Waals surface area contributed by atoms with E-state index in [2.05, 4.69) is 4.99 Å². The van der Waals surface area contributed by atoms with Crippen LogP contribution in [0.2, 0.25) is 10.0 Å². The Morgan fingerprint density at radius 2 is 1.88 bits per heavy atom. The van der Waals surface area contributed by atoms with Crippen molar-refractivity contribution < 1.29 is 14.3 Å². The largest absolute Gasteiger partial charge is 0.497 e. The van der Waals surface area contributed by atoms with Gasteiger partial charge in [-0.15, -0.1) is 0 Å². The molecule has 0 fully saturated rings. The van der Waals surface area contributed by atoms with Crippen LogP contribution in [0.4, 0.5) is 0 Å². The summed E-state index contributed by atoms with van der Waals surface area (Å²) >= 11 is 13.5. The van der Waals surface area contributed by atoms with Crippen molar-refractivity contribution in [1.82, 2.24) is 4.57 Å². The van der Waals surface area contributed by atoms with Crippen LogP contribution in [0.25, 0.3) is 6.08 Å². The lowest BCUT2D eigenvalue weighted by Crippen LogP contribution is -2.39. The number of allylic oxidation sites excluding steroid dienone is 1. The summed E-state index contributed by atoms with van der Waals surface area (Å²) in [5.41, 5.74) is 1.91. The SMILES string of the molecule is COC(=O)C1=C(C)N=c2s/c(=C\c3ccc(Cl)cc3Cl)c(=O)n2[C@@H]1c1ccc(OC)cc1. The number of carbonyl (C=O) groups is 1. The Kier molecular flexibility index (Phi) is 6.24. The lowest BCUT2D eigenvalue weighted by molar-refractivity contribution is -0.136. The molecule has 2 aromatic carbocycles. The van der Waals surface area contributed by atoms with Gasteiger partial charge in [0.15, 0.2) is 4.80 Å². The van der Waals surface area contributed by atoms with Gasteiger partial charge < -0.3 is 9.47 Å². The van der Waals surface area contributed by atoms with Crippen LogP contribution >= 0.6 is 34.5 Å². The number of hydrogen-bond acceptors (Lipinski definition) is 6. The van der Waals surface area contributed by atoms with E-state index in [0.29, 0.717) is 42.0 Å². The molecule has 32 heavy (non-hydrogen) atoms. The number of rotatable bonds is 4. The molecule has 6 nitrogen and oxygen atoms in total. The van der Waals surface area contributed by atoms with Crippen molar-refractivity contribution in [2.24, 2.45) is 4.99 Å². The van der Waals surface area contributed by atoms with Crippen LogP contribution in [0, 0.1) is 0 Å². The fourth-order valence-electron chi connectivity index (χ4n) is 3.55. The van der Waals surface area contributed by atoms with E-state index in [-0.39, 0.29) is 5.56 Å². The van der Waals surface area contributed by atoms with Crippen molar-refractivity contribution in [2.45, 2.75) is 13.0 Å². The first-order valence-electron chi connectivity index (χ1n) is 9.54. The minimum atomic E-state index is -0.688. The molecule has 0 bridgehead atoms. The smallest absolute Gasteiger partial charge is 0.338 e. The molecular weight excluding hydrogens is 471 g/mol. The molecule has 1 aromatic heterocycles. The molecule has 0 saturated heterocycles. The highest BCUT2D eigenvalue weighted by Crippen LogP contribution is 2.31. The Bertz CT molecular complexity index is 1420. The third-order valence-corrected chi connectivity index (χ3v) is 6.65. The molecular formula is C23H18Cl2N2O4S. The number of esters is 1. The summed E-state index contributed by atoms with van der Waals surface area (Å²) in [5, 5.41) is 0.938. The molecule has 0 spiro atoms. The Hall–Kier alpha value is -2.87. The predicted octanol–water partition coefficient (Wildman–Crippen LogP) is 3.72. The number of benzene rings is 2. The molecule has 1 aliphatic heterocycles. The van der Waals surface area contributed by atoms with E-state index >= 15 is 0 Å². The highest BCUT2D eigenvalue weighted by atomic mass is 35.5. The van der Waals surface area contributed by atoms with Crippen molar-refractivity contribution in [3.05, 3.63) is 94.6 Å². The number of hydrogen-bond donors (Lipinski definition) is 0. The van der Waals surface area contributed by atoms with E-state index in [9.17, 15) is 9.59 Å². The number of fused-ring (bicyclic) bond motifs is 1. The standard InChI is InChI=1S/C23H18Cl2N2O4S/c1-12-19(22(29)31-3)20(13-5-8-16(30-2)9-6-13)27-21(28)18(32-23(27)26-12)10-14-4-7-15(24)11-17(14)25/h4-11,20H,1-3H3/b18-10-/t20-/m1/s1. The van der Waals surface area contributed by atoms with Gasteiger partial charge in [0, 0.05) is 10.0 Å². The van der Waals surface area contributed by atoms with Crippen LogP contribution in [0.3, 0.4) is 0 Å². The van der Waals surface area contributed by atoms with Gasteiger partial charge in [0.05, 0.1) is 36.1 Å². The summed E-state index contributed by atoms with van der Waals surface area (Å²) in [5.74, 6) is 0.126. The maximum atomic E-state index is 13.5. The van der Waals surface area contributed by atoms with Gasteiger partial charge in [-0.3, -0.25) is 9.36 Å². The van der Waals surface area contributed by atoms with Gasteiger partial charge in [-0.1, -0.05) is 52.7 Å². The van der Waals surface area contributed by atoms with E-state index in [4.69, 9.17) is 32.7 Å².